The van der Waals surface area contributed by atoms with Crippen molar-refractivity contribution in [2.75, 3.05) is 0 Å². The Morgan fingerprint density at radius 3 is 2.82 bits per heavy atom. The molecule has 0 atom stereocenters. The van der Waals surface area contributed by atoms with Crippen LogP contribution in [0.1, 0.15) is 45.8 Å². The van der Waals surface area contributed by atoms with Crippen molar-refractivity contribution in [3.63, 3.8) is 0 Å². The van der Waals surface area contributed by atoms with Crippen molar-refractivity contribution in [3.05, 3.63) is 56.2 Å². The van der Waals surface area contributed by atoms with Gasteiger partial charge in [0.2, 0.25) is 5.91 Å². The third-order valence-corrected chi connectivity index (χ3v) is 6.16. The summed E-state index contributed by atoms with van der Waals surface area (Å²) >= 11 is 1.50. The number of aryl methyl sites for hydroxylation is 3. The van der Waals surface area contributed by atoms with Crippen LogP contribution in [-0.4, -0.2) is 16.4 Å². The van der Waals surface area contributed by atoms with Crippen molar-refractivity contribution in [1.29, 1.82) is 0 Å². The monoisotopic (exact) mass is 399 g/mol. The molecule has 0 fully saturated rings. The highest BCUT2D eigenvalue weighted by Gasteiger charge is 2.17. The molecule has 146 valence electrons. The van der Waals surface area contributed by atoms with E-state index < -0.39 is 5.76 Å². The van der Waals surface area contributed by atoms with Gasteiger partial charge in [-0.2, -0.15) is 0 Å². The van der Waals surface area contributed by atoms with Gasteiger partial charge in [0, 0.05) is 17.8 Å². The second-order valence-electron chi connectivity index (χ2n) is 6.86. The third-order valence-electron chi connectivity index (χ3n) is 4.92. The lowest BCUT2D eigenvalue weighted by Gasteiger charge is -2.06. The number of amides is 2. The minimum atomic E-state index is -0.502. The summed E-state index contributed by atoms with van der Waals surface area (Å²) in [5.41, 5.74) is 7.27. The van der Waals surface area contributed by atoms with E-state index in [2.05, 4.69) is 10.9 Å². The fourth-order valence-corrected chi connectivity index (χ4v) is 4.62. The second kappa shape index (κ2) is 8.02. The van der Waals surface area contributed by atoms with Crippen molar-refractivity contribution in [2.24, 2.45) is 0 Å². The molecule has 1 aromatic carbocycles. The van der Waals surface area contributed by atoms with Gasteiger partial charge in [-0.15, -0.1) is 11.3 Å². The van der Waals surface area contributed by atoms with E-state index in [1.54, 1.807) is 24.3 Å². The molecule has 0 aliphatic heterocycles. The van der Waals surface area contributed by atoms with Gasteiger partial charge in [-0.25, -0.2) is 4.79 Å². The van der Waals surface area contributed by atoms with Gasteiger partial charge in [-0.3, -0.25) is 25.0 Å². The SMILES string of the molecule is O=C(CCn1c(=O)oc2ccccc21)NNC(=O)c1cc2c(s1)CCCCC2. The molecule has 3 aromatic rings. The maximum atomic E-state index is 12.3. The number of aromatic nitrogens is 1. The van der Waals surface area contributed by atoms with E-state index in [9.17, 15) is 14.4 Å². The topological polar surface area (TPSA) is 93.3 Å². The van der Waals surface area contributed by atoms with Gasteiger partial charge >= 0.3 is 5.76 Å². The van der Waals surface area contributed by atoms with Crippen LogP contribution in [0.25, 0.3) is 11.1 Å². The molecule has 2 aromatic heterocycles. The zero-order valence-corrected chi connectivity index (χ0v) is 16.1. The quantitative estimate of drug-likeness (QED) is 0.521. The van der Waals surface area contributed by atoms with E-state index in [0.29, 0.717) is 16.0 Å². The number of hydrogen-bond donors (Lipinski definition) is 2. The summed E-state index contributed by atoms with van der Waals surface area (Å²) in [6.45, 7) is 0.171. The van der Waals surface area contributed by atoms with Gasteiger partial charge in [0.1, 0.15) is 0 Å². The molecule has 1 aliphatic rings. The number of oxazole rings is 1. The molecule has 2 heterocycles. The number of carbonyl (C=O) groups excluding carboxylic acids is 2. The number of thiophene rings is 1. The number of benzene rings is 1. The standard InChI is InChI=1S/C20H21N3O4S/c24-18(10-11-23-14-7-4-5-8-15(14)27-20(23)26)21-22-19(25)17-12-13-6-2-1-3-9-16(13)28-17/h4-5,7-8,12H,1-3,6,9-11H2,(H,21,24)(H,22,25). The van der Waals surface area contributed by atoms with Crippen LogP contribution in [0.15, 0.2) is 39.5 Å². The first kappa shape index (κ1) is 18.5. The molecular formula is C20H21N3O4S. The Hall–Kier alpha value is -2.87. The van der Waals surface area contributed by atoms with Crippen molar-refractivity contribution in [1.82, 2.24) is 15.4 Å². The summed E-state index contributed by atoms with van der Waals surface area (Å²) < 4.78 is 6.55. The molecule has 0 radical (unpaired) electrons. The zero-order valence-electron chi connectivity index (χ0n) is 15.3. The second-order valence-corrected chi connectivity index (χ2v) is 8.00. The van der Waals surface area contributed by atoms with E-state index in [0.717, 1.165) is 25.7 Å². The number of carbonyl (C=O) groups is 2. The van der Waals surface area contributed by atoms with Crippen LogP contribution in [0.2, 0.25) is 0 Å². The van der Waals surface area contributed by atoms with Crippen molar-refractivity contribution < 1.29 is 14.0 Å². The van der Waals surface area contributed by atoms with Crippen LogP contribution in [0.5, 0.6) is 0 Å². The fourth-order valence-electron chi connectivity index (χ4n) is 3.47. The smallest absolute Gasteiger partial charge is 0.408 e. The molecule has 2 amide bonds. The predicted molar refractivity (Wildman–Crippen MR) is 106 cm³/mol. The number of hydrazine groups is 1. The van der Waals surface area contributed by atoms with Crippen LogP contribution in [-0.2, 0) is 24.2 Å². The summed E-state index contributed by atoms with van der Waals surface area (Å²) in [5, 5.41) is 0. The largest absolute Gasteiger partial charge is 0.419 e. The number of nitrogens with zero attached hydrogens (tertiary/aromatic N) is 1. The van der Waals surface area contributed by atoms with Gasteiger partial charge in [-0.05, 0) is 49.4 Å². The lowest BCUT2D eigenvalue weighted by molar-refractivity contribution is -0.122. The van der Waals surface area contributed by atoms with E-state index in [1.807, 2.05) is 6.07 Å². The van der Waals surface area contributed by atoms with Crippen molar-refractivity contribution in [2.45, 2.75) is 45.1 Å². The fraction of sp³-hybridized carbons (Fsp3) is 0.350. The van der Waals surface area contributed by atoms with Crippen molar-refractivity contribution in [3.8, 4) is 0 Å². The molecule has 0 unspecified atom stereocenters. The molecule has 0 bridgehead atoms. The Kier molecular flexibility index (Phi) is 5.29. The molecule has 0 saturated heterocycles. The molecule has 28 heavy (non-hydrogen) atoms. The van der Waals surface area contributed by atoms with Gasteiger partial charge in [0.25, 0.3) is 5.91 Å². The Morgan fingerprint density at radius 1 is 1.11 bits per heavy atom. The van der Waals surface area contributed by atoms with Crippen LogP contribution in [0.4, 0.5) is 0 Å². The van der Waals surface area contributed by atoms with E-state index in [-0.39, 0.29) is 24.8 Å². The number of rotatable bonds is 4. The molecule has 7 nitrogen and oxygen atoms in total. The zero-order chi connectivity index (χ0) is 19.5. The van der Waals surface area contributed by atoms with Gasteiger partial charge in [0.05, 0.1) is 10.4 Å². The Bertz CT molecular complexity index is 1060. The maximum Gasteiger partial charge on any atom is 0.419 e. The van der Waals surface area contributed by atoms with E-state index in [1.165, 1.54) is 32.8 Å². The number of nitrogens with one attached hydrogen (secondary N) is 2. The minimum absolute atomic E-state index is 0.0463. The number of fused-ring (bicyclic) bond motifs is 2. The van der Waals surface area contributed by atoms with Gasteiger partial charge in [-0.1, -0.05) is 18.6 Å². The number of para-hydroxylation sites is 2. The normalized spacial score (nSPS) is 13.7. The Balaban J connectivity index is 1.32. The first-order valence-electron chi connectivity index (χ1n) is 9.41. The molecule has 2 N–H and O–H groups in total. The Morgan fingerprint density at radius 2 is 1.93 bits per heavy atom. The van der Waals surface area contributed by atoms with Crippen molar-refractivity contribution >= 4 is 34.3 Å². The highest BCUT2D eigenvalue weighted by atomic mass is 32.1. The molecule has 8 heteroatoms. The lowest BCUT2D eigenvalue weighted by Crippen LogP contribution is -2.41. The van der Waals surface area contributed by atoms with Gasteiger partial charge in [0.15, 0.2) is 5.58 Å². The predicted octanol–water partition coefficient (Wildman–Crippen LogP) is 2.78. The first-order chi connectivity index (χ1) is 13.6. The lowest BCUT2D eigenvalue weighted by atomic mass is 10.1. The summed E-state index contributed by atoms with van der Waals surface area (Å²) in [6, 6.07) is 8.99. The van der Waals surface area contributed by atoms with Crippen LogP contribution >= 0.6 is 11.3 Å². The van der Waals surface area contributed by atoms with E-state index >= 15 is 0 Å². The highest BCUT2D eigenvalue weighted by Crippen LogP contribution is 2.28. The Labute approximate surface area is 165 Å². The van der Waals surface area contributed by atoms with Crippen LogP contribution in [0.3, 0.4) is 0 Å². The minimum Gasteiger partial charge on any atom is -0.408 e. The first-order valence-corrected chi connectivity index (χ1v) is 10.2. The summed E-state index contributed by atoms with van der Waals surface area (Å²) in [4.78, 5) is 38.2. The highest BCUT2D eigenvalue weighted by molar-refractivity contribution is 7.14. The molecule has 1 aliphatic carbocycles. The van der Waals surface area contributed by atoms with E-state index in [4.69, 9.17) is 4.42 Å². The van der Waals surface area contributed by atoms with Crippen LogP contribution < -0.4 is 16.6 Å². The van der Waals surface area contributed by atoms with Gasteiger partial charge < -0.3 is 4.42 Å². The molecule has 0 saturated carbocycles. The average molecular weight is 399 g/mol. The molecular weight excluding hydrogens is 378 g/mol. The third kappa shape index (κ3) is 3.87. The summed E-state index contributed by atoms with van der Waals surface area (Å²) in [7, 11) is 0. The number of hydrogen-bond acceptors (Lipinski definition) is 5. The summed E-state index contributed by atoms with van der Waals surface area (Å²) in [5.74, 6) is -1.18. The average Bonchev–Trinajstić information content (AvgIpc) is 3.17. The maximum absolute atomic E-state index is 12.3. The molecule has 4 rings (SSSR count). The molecule has 0 spiro atoms. The van der Waals surface area contributed by atoms with Crippen LogP contribution in [0, 0.1) is 0 Å². The summed E-state index contributed by atoms with van der Waals surface area (Å²) in [6.07, 6.45) is 5.63.